The van der Waals surface area contributed by atoms with Gasteiger partial charge in [0.15, 0.2) is 11.5 Å². The number of carbonyl (C=O) groups excluding carboxylic acids is 3. The van der Waals surface area contributed by atoms with E-state index in [2.05, 4.69) is 0 Å². The minimum atomic E-state index is -0.504. The molecule has 0 aliphatic carbocycles. The molecule has 0 unspecified atom stereocenters. The molecule has 0 atom stereocenters. The number of amides is 3. The van der Waals surface area contributed by atoms with Crippen molar-refractivity contribution >= 4 is 46.5 Å². The Morgan fingerprint density at radius 1 is 1.18 bits per heavy atom. The quantitative estimate of drug-likeness (QED) is 0.508. The fraction of sp³-hybridized carbons (Fsp3) is 0.292. The highest BCUT2D eigenvalue weighted by Gasteiger charge is 2.37. The minimum absolute atomic E-state index is 0.0921. The van der Waals surface area contributed by atoms with Gasteiger partial charge >= 0.3 is 0 Å². The van der Waals surface area contributed by atoms with Crippen molar-refractivity contribution in [1.29, 1.82) is 0 Å². The lowest BCUT2D eigenvalue weighted by Crippen LogP contribution is -2.40. The predicted molar refractivity (Wildman–Crippen MR) is 127 cm³/mol. The Balaban J connectivity index is 1.46. The van der Waals surface area contributed by atoms with Gasteiger partial charge in [0.05, 0.1) is 17.0 Å². The molecule has 0 spiro atoms. The van der Waals surface area contributed by atoms with E-state index in [9.17, 15) is 18.8 Å². The van der Waals surface area contributed by atoms with Crippen LogP contribution in [0.4, 0.5) is 9.18 Å². The van der Waals surface area contributed by atoms with Gasteiger partial charge in [-0.05, 0) is 60.5 Å². The topological polar surface area (TPSA) is 76.2 Å². The molecule has 0 N–H and O–H groups in total. The zero-order valence-corrected chi connectivity index (χ0v) is 20.0. The number of hydrogen-bond acceptors (Lipinski definition) is 6. The van der Waals surface area contributed by atoms with Crippen LogP contribution in [0.5, 0.6) is 11.5 Å². The average molecular weight is 505 g/mol. The largest absolute Gasteiger partial charge is 0.493 e. The molecule has 0 aromatic heterocycles. The van der Waals surface area contributed by atoms with Gasteiger partial charge in [0.2, 0.25) is 5.91 Å². The molecule has 0 radical (unpaired) electrons. The van der Waals surface area contributed by atoms with Crippen LogP contribution in [0.25, 0.3) is 6.08 Å². The van der Waals surface area contributed by atoms with Gasteiger partial charge in [-0.25, -0.2) is 4.39 Å². The summed E-state index contributed by atoms with van der Waals surface area (Å²) >= 11 is 6.84. The fourth-order valence-corrected chi connectivity index (χ4v) is 4.76. The smallest absolute Gasteiger partial charge is 0.294 e. The summed E-state index contributed by atoms with van der Waals surface area (Å²) in [4.78, 5) is 40.4. The number of methoxy groups -OCH3 is 1. The Labute approximate surface area is 205 Å². The van der Waals surface area contributed by atoms with Gasteiger partial charge in [0.25, 0.3) is 11.1 Å². The molecule has 2 aromatic carbocycles. The van der Waals surface area contributed by atoms with Gasteiger partial charge in [0.1, 0.15) is 19.0 Å². The van der Waals surface area contributed by atoms with Crippen LogP contribution in [0.2, 0.25) is 5.02 Å². The molecule has 178 valence electrons. The molecule has 0 saturated carbocycles. The monoisotopic (exact) mass is 504 g/mol. The van der Waals surface area contributed by atoms with Crippen LogP contribution in [0.3, 0.4) is 0 Å². The van der Waals surface area contributed by atoms with Crippen LogP contribution in [-0.2, 0) is 16.2 Å². The van der Waals surface area contributed by atoms with Crippen molar-refractivity contribution in [2.24, 2.45) is 0 Å². The third kappa shape index (κ3) is 5.20. The van der Waals surface area contributed by atoms with Crippen molar-refractivity contribution in [3.8, 4) is 11.5 Å². The van der Waals surface area contributed by atoms with E-state index in [0.717, 1.165) is 29.5 Å². The van der Waals surface area contributed by atoms with Gasteiger partial charge in [-0.1, -0.05) is 23.7 Å². The average Bonchev–Trinajstić information content (AvgIpc) is 3.44. The maximum Gasteiger partial charge on any atom is 0.294 e. The number of thioether (sulfide) groups is 1. The van der Waals surface area contributed by atoms with E-state index in [0.29, 0.717) is 30.2 Å². The van der Waals surface area contributed by atoms with Gasteiger partial charge in [-0.3, -0.25) is 19.3 Å². The summed E-state index contributed by atoms with van der Waals surface area (Å²) in [5, 5.41) is -0.216. The Morgan fingerprint density at radius 3 is 2.65 bits per heavy atom. The van der Waals surface area contributed by atoms with E-state index in [1.807, 2.05) is 0 Å². The molecule has 4 rings (SSSR count). The first-order chi connectivity index (χ1) is 16.4. The summed E-state index contributed by atoms with van der Waals surface area (Å²) in [6, 6.07) is 9.35. The Hall–Kier alpha value is -3.04. The highest BCUT2D eigenvalue weighted by atomic mass is 35.5. The van der Waals surface area contributed by atoms with E-state index in [-0.39, 0.29) is 34.6 Å². The highest BCUT2D eigenvalue weighted by Crippen LogP contribution is 2.35. The molecule has 10 heteroatoms. The summed E-state index contributed by atoms with van der Waals surface area (Å²) in [7, 11) is 1.46. The molecule has 3 amide bonds. The molecule has 34 heavy (non-hydrogen) atoms. The van der Waals surface area contributed by atoms with Gasteiger partial charge < -0.3 is 14.4 Å². The van der Waals surface area contributed by atoms with Crippen molar-refractivity contribution in [2.45, 2.75) is 19.4 Å². The number of likely N-dealkylation sites (tertiary alicyclic amines) is 1. The number of carbonyl (C=O) groups is 3. The summed E-state index contributed by atoms with van der Waals surface area (Å²) < 4.78 is 25.1. The zero-order chi connectivity index (χ0) is 24.2. The fourth-order valence-electron chi connectivity index (χ4n) is 3.70. The number of halogens is 2. The Bertz CT molecular complexity index is 1150. The lowest BCUT2D eigenvalue weighted by Gasteiger charge is -2.18. The molecule has 2 aliphatic rings. The van der Waals surface area contributed by atoms with Crippen LogP contribution in [0.1, 0.15) is 24.0 Å². The zero-order valence-electron chi connectivity index (χ0n) is 18.4. The molecule has 7 nitrogen and oxygen atoms in total. The standard InChI is InChI=1S/C24H22ClFN2O5S/c1-32-20-11-15(7-8-19(20)33-14-16-17(25)5-4-6-18(16)26)12-21-23(30)28(24(31)34-21)13-22(29)27-9-2-3-10-27/h4-8,11-12H,2-3,9-10,13-14H2,1H3/b21-12-. The number of rotatable bonds is 7. The van der Waals surface area contributed by atoms with E-state index < -0.39 is 17.0 Å². The molecule has 2 aromatic rings. The maximum atomic E-state index is 14.0. The summed E-state index contributed by atoms with van der Waals surface area (Å²) in [6.07, 6.45) is 3.43. The van der Waals surface area contributed by atoms with Gasteiger partial charge in [0, 0.05) is 18.7 Å². The lowest BCUT2D eigenvalue weighted by atomic mass is 10.1. The van der Waals surface area contributed by atoms with Crippen molar-refractivity contribution in [3.63, 3.8) is 0 Å². The maximum absolute atomic E-state index is 14.0. The van der Waals surface area contributed by atoms with E-state index >= 15 is 0 Å². The van der Waals surface area contributed by atoms with Crippen LogP contribution < -0.4 is 9.47 Å². The predicted octanol–water partition coefficient (Wildman–Crippen LogP) is 4.73. The summed E-state index contributed by atoms with van der Waals surface area (Å²) in [6.45, 7) is 0.965. The molecule has 2 fully saturated rings. The van der Waals surface area contributed by atoms with E-state index in [4.69, 9.17) is 21.1 Å². The van der Waals surface area contributed by atoms with Gasteiger partial charge in [-0.15, -0.1) is 0 Å². The van der Waals surface area contributed by atoms with Crippen molar-refractivity contribution < 1.29 is 28.2 Å². The third-order valence-electron chi connectivity index (χ3n) is 5.54. The molecular formula is C24H22ClFN2O5S. The first-order valence-electron chi connectivity index (χ1n) is 10.6. The molecule has 2 aliphatic heterocycles. The van der Waals surface area contributed by atoms with Crippen LogP contribution in [-0.4, -0.2) is 53.6 Å². The third-order valence-corrected chi connectivity index (χ3v) is 6.81. The van der Waals surface area contributed by atoms with Crippen LogP contribution in [0.15, 0.2) is 41.3 Å². The van der Waals surface area contributed by atoms with Crippen molar-refractivity contribution in [1.82, 2.24) is 9.80 Å². The van der Waals surface area contributed by atoms with Crippen LogP contribution >= 0.6 is 23.4 Å². The first kappa shape index (κ1) is 24.1. The summed E-state index contributed by atoms with van der Waals surface area (Å²) in [5.74, 6) is -0.467. The normalized spacial score (nSPS) is 17.1. The number of imide groups is 1. The SMILES string of the molecule is COc1cc(/C=C2\SC(=O)N(CC(=O)N3CCCC3)C2=O)ccc1OCc1c(F)cccc1Cl. The van der Waals surface area contributed by atoms with Crippen molar-refractivity contribution in [3.05, 3.63) is 63.3 Å². The molecule has 2 saturated heterocycles. The second-order valence-corrected chi connectivity index (χ2v) is 9.16. The lowest BCUT2D eigenvalue weighted by molar-refractivity contribution is -0.135. The van der Waals surface area contributed by atoms with E-state index in [1.165, 1.54) is 19.2 Å². The molecular weight excluding hydrogens is 483 g/mol. The Morgan fingerprint density at radius 2 is 1.94 bits per heavy atom. The number of benzene rings is 2. The number of nitrogens with zero attached hydrogens (tertiary/aromatic N) is 2. The number of hydrogen-bond donors (Lipinski definition) is 0. The first-order valence-corrected chi connectivity index (χ1v) is 11.8. The molecule has 2 heterocycles. The second-order valence-electron chi connectivity index (χ2n) is 7.75. The minimum Gasteiger partial charge on any atom is -0.493 e. The van der Waals surface area contributed by atoms with Gasteiger partial charge in [-0.2, -0.15) is 0 Å². The van der Waals surface area contributed by atoms with E-state index in [1.54, 1.807) is 35.2 Å². The van der Waals surface area contributed by atoms with Crippen molar-refractivity contribution in [2.75, 3.05) is 26.7 Å². The van der Waals surface area contributed by atoms with Crippen LogP contribution in [0, 0.1) is 5.82 Å². The second kappa shape index (κ2) is 10.5. The number of ether oxygens (including phenoxy) is 2. The molecule has 0 bridgehead atoms. The highest BCUT2D eigenvalue weighted by molar-refractivity contribution is 8.18. The Kier molecular flexibility index (Phi) is 7.43. The summed E-state index contributed by atoms with van der Waals surface area (Å²) in [5.41, 5.74) is 0.831.